The Bertz CT molecular complexity index is 426. The third kappa shape index (κ3) is 1.52. The third-order valence-corrected chi connectivity index (χ3v) is 3.48. The Morgan fingerprint density at radius 3 is 2.50 bits per heavy atom. The first-order valence-electron chi connectivity index (χ1n) is 5.59. The van der Waals surface area contributed by atoms with E-state index in [-0.39, 0.29) is 17.5 Å². The number of rotatable bonds is 1. The first-order chi connectivity index (χ1) is 7.44. The van der Waals surface area contributed by atoms with Crippen LogP contribution in [0.4, 0.5) is 5.69 Å². The number of carbonyl (C=O) groups excluding carboxylic acids is 1. The molecule has 2 N–H and O–H groups in total. The second-order valence-corrected chi connectivity index (χ2v) is 4.98. The second-order valence-electron chi connectivity index (χ2n) is 4.98. The number of para-hydroxylation sites is 1. The zero-order valence-corrected chi connectivity index (χ0v) is 10.0. The van der Waals surface area contributed by atoms with E-state index in [1.54, 1.807) is 0 Å². The van der Waals surface area contributed by atoms with E-state index in [4.69, 9.17) is 5.73 Å². The molecule has 0 bridgehead atoms. The highest BCUT2D eigenvalue weighted by molar-refractivity contribution is 5.98. The molecule has 1 unspecified atom stereocenters. The summed E-state index contributed by atoms with van der Waals surface area (Å²) in [7, 11) is 0. The summed E-state index contributed by atoms with van der Waals surface area (Å²) >= 11 is 0. The van der Waals surface area contributed by atoms with Gasteiger partial charge in [0.15, 0.2) is 0 Å². The first-order valence-corrected chi connectivity index (χ1v) is 5.59. The molecule has 1 saturated heterocycles. The third-order valence-electron chi connectivity index (χ3n) is 3.48. The Hall–Kier alpha value is -1.35. The Balaban J connectivity index is 2.48. The highest BCUT2D eigenvalue weighted by Gasteiger charge is 2.45. The average molecular weight is 218 g/mol. The molecular formula is C13H18N2O. The maximum absolute atomic E-state index is 12.0. The molecule has 1 aliphatic rings. The largest absolute Gasteiger partial charge is 0.325 e. The predicted molar refractivity (Wildman–Crippen MR) is 65.3 cm³/mol. The topological polar surface area (TPSA) is 46.3 Å². The summed E-state index contributed by atoms with van der Waals surface area (Å²) in [6.07, 6.45) is 0.432. The van der Waals surface area contributed by atoms with Gasteiger partial charge in [0, 0.05) is 18.2 Å². The number of benzene rings is 1. The fraction of sp³-hybridized carbons (Fsp3) is 0.462. The highest BCUT2D eigenvalue weighted by Crippen LogP contribution is 2.35. The normalized spacial score (nSPS) is 23.9. The van der Waals surface area contributed by atoms with E-state index in [0.717, 1.165) is 11.3 Å². The van der Waals surface area contributed by atoms with Crippen molar-refractivity contribution in [3.05, 3.63) is 29.8 Å². The molecule has 0 spiro atoms. The number of hydrogen-bond acceptors (Lipinski definition) is 2. The van der Waals surface area contributed by atoms with Crippen molar-refractivity contribution in [2.24, 2.45) is 5.73 Å². The van der Waals surface area contributed by atoms with Gasteiger partial charge in [-0.1, -0.05) is 18.2 Å². The van der Waals surface area contributed by atoms with Crippen LogP contribution < -0.4 is 10.6 Å². The quantitative estimate of drug-likeness (QED) is 0.781. The summed E-state index contributed by atoms with van der Waals surface area (Å²) < 4.78 is 0. The zero-order chi connectivity index (χ0) is 11.9. The van der Waals surface area contributed by atoms with Gasteiger partial charge in [0.05, 0.1) is 5.54 Å². The van der Waals surface area contributed by atoms with Crippen molar-refractivity contribution in [2.75, 3.05) is 4.90 Å². The average Bonchev–Trinajstić information content (AvgIpc) is 2.39. The van der Waals surface area contributed by atoms with Crippen LogP contribution in [0.15, 0.2) is 24.3 Å². The number of hydrogen-bond donors (Lipinski definition) is 1. The van der Waals surface area contributed by atoms with Crippen molar-refractivity contribution in [2.45, 2.75) is 38.8 Å². The summed E-state index contributed by atoms with van der Waals surface area (Å²) in [5.41, 5.74) is 7.80. The molecular weight excluding hydrogens is 200 g/mol. The van der Waals surface area contributed by atoms with Gasteiger partial charge in [-0.05, 0) is 32.4 Å². The molecule has 1 fully saturated rings. The van der Waals surface area contributed by atoms with Gasteiger partial charge in [-0.3, -0.25) is 4.79 Å². The van der Waals surface area contributed by atoms with Gasteiger partial charge >= 0.3 is 0 Å². The van der Waals surface area contributed by atoms with Gasteiger partial charge in [0.2, 0.25) is 5.91 Å². The zero-order valence-electron chi connectivity index (χ0n) is 10.0. The molecule has 3 heteroatoms. The fourth-order valence-electron chi connectivity index (χ4n) is 2.28. The Labute approximate surface area is 96.2 Å². The molecule has 1 aromatic rings. The van der Waals surface area contributed by atoms with Crippen LogP contribution in [-0.2, 0) is 4.79 Å². The van der Waals surface area contributed by atoms with Crippen LogP contribution in [0.3, 0.4) is 0 Å². The molecule has 0 radical (unpaired) electrons. The number of aryl methyl sites for hydroxylation is 1. The fourth-order valence-corrected chi connectivity index (χ4v) is 2.28. The Morgan fingerprint density at radius 1 is 1.38 bits per heavy atom. The molecule has 1 atom stereocenters. The van der Waals surface area contributed by atoms with Gasteiger partial charge < -0.3 is 10.6 Å². The molecule has 0 saturated carbocycles. The molecule has 1 aliphatic heterocycles. The van der Waals surface area contributed by atoms with Crippen molar-refractivity contribution in [1.82, 2.24) is 0 Å². The standard InChI is InChI=1S/C13H18N2O/c1-9-6-4-5-7-10(9)15-12(16)8-11(14)13(15,2)3/h4-7,11H,8,14H2,1-3H3. The van der Waals surface area contributed by atoms with Gasteiger partial charge in [-0.15, -0.1) is 0 Å². The lowest BCUT2D eigenvalue weighted by Gasteiger charge is -2.35. The number of anilines is 1. The van der Waals surface area contributed by atoms with E-state index in [0.29, 0.717) is 6.42 Å². The van der Waals surface area contributed by atoms with E-state index in [9.17, 15) is 4.79 Å². The van der Waals surface area contributed by atoms with Crippen molar-refractivity contribution < 1.29 is 4.79 Å². The number of nitrogens with zero attached hydrogens (tertiary/aromatic N) is 1. The Kier molecular flexibility index (Phi) is 2.50. The predicted octanol–water partition coefficient (Wildman–Crippen LogP) is 1.84. The number of nitrogens with two attached hydrogens (primary N) is 1. The minimum Gasteiger partial charge on any atom is -0.325 e. The SMILES string of the molecule is Cc1ccccc1N1C(=O)CC(N)C1(C)C. The van der Waals surface area contributed by atoms with E-state index >= 15 is 0 Å². The van der Waals surface area contributed by atoms with E-state index < -0.39 is 0 Å². The maximum Gasteiger partial charge on any atom is 0.229 e. The summed E-state index contributed by atoms with van der Waals surface area (Å²) in [5, 5.41) is 0. The molecule has 2 rings (SSSR count). The Morgan fingerprint density at radius 2 is 2.00 bits per heavy atom. The molecule has 0 aromatic heterocycles. The van der Waals surface area contributed by atoms with E-state index in [2.05, 4.69) is 0 Å². The molecule has 1 aromatic carbocycles. The van der Waals surface area contributed by atoms with Crippen molar-refractivity contribution in [3.8, 4) is 0 Å². The minimum absolute atomic E-state index is 0.0976. The molecule has 1 amide bonds. The van der Waals surface area contributed by atoms with Crippen LogP contribution in [0.5, 0.6) is 0 Å². The van der Waals surface area contributed by atoms with Crippen LogP contribution in [0, 0.1) is 6.92 Å². The van der Waals surface area contributed by atoms with E-state index in [1.807, 2.05) is 49.9 Å². The summed E-state index contributed by atoms with van der Waals surface area (Å²) in [5.74, 6) is 0.117. The highest BCUT2D eigenvalue weighted by atomic mass is 16.2. The lowest BCUT2D eigenvalue weighted by molar-refractivity contribution is -0.117. The molecule has 0 aliphatic carbocycles. The van der Waals surface area contributed by atoms with Gasteiger partial charge in [-0.25, -0.2) is 0 Å². The lowest BCUT2D eigenvalue weighted by atomic mass is 9.96. The minimum atomic E-state index is -0.302. The van der Waals surface area contributed by atoms with Crippen LogP contribution in [-0.4, -0.2) is 17.5 Å². The summed E-state index contributed by atoms with van der Waals surface area (Å²) in [6.45, 7) is 6.06. The van der Waals surface area contributed by atoms with Gasteiger partial charge in [0.25, 0.3) is 0 Å². The van der Waals surface area contributed by atoms with Crippen LogP contribution in [0.2, 0.25) is 0 Å². The van der Waals surface area contributed by atoms with Crippen molar-refractivity contribution >= 4 is 11.6 Å². The molecule has 1 heterocycles. The summed E-state index contributed by atoms with van der Waals surface area (Å²) in [4.78, 5) is 13.8. The van der Waals surface area contributed by atoms with Crippen LogP contribution in [0.25, 0.3) is 0 Å². The van der Waals surface area contributed by atoms with Gasteiger partial charge in [-0.2, -0.15) is 0 Å². The maximum atomic E-state index is 12.0. The molecule has 3 nitrogen and oxygen atoms in total. The van der Waals surface area contributed by atoms with Gasteiger partial charge in [0.1, 0.15) is 0 Å². The monoisotopic (exact) mass is 218 g/mol. The number of carbonyl (C=O) groups is 1. The summed E-state index contributed by atoms with van der Waals surface area (Å²) in [6, 6.07) is 7.83. The van der Waals surface area contributed by atoms with Crippen LogP contribution in [0.1, 0.15) is 25.8 Å². The first kappa shape index (κ1) is 11.1. The number of amides is 1. The smallest absolute Gasteiger partial charge is 0.229 e. The second kappa shape index (κ2) is 3.59. The van der Waals surface area contributed by atoms with Crippen molar-refractivity contribution in [1.29, 1.82) is 0 Å². The van der Waals surface area contributed by atoms with Crippen LogP contribution >= 0.6 is 0 Å². The van der Waals surface area contributed by atoms with E-state index in [1.165, 1.54) is 0 Å². The van der Waals surface area contributed by atoms with Crippen molar-refractivity contribution in [3.63, 3.8) is 0 Å². The molecule has 16 heavy (non-hydrogen) atoms. The molecule has 86 valence electrons. The lowest BCUT2D eigenvalue weighted by Crippen LogP contribution is -2.50.